The Labute approximate surface area is 120 Å². The van der Waals surface area contributed by atoms with E-state index in [1.54, 1.807) is 0 Å². The molecule has 1 aliphatic heterocycles. The van der Waals surface area contributed by atoms with E-state index < -0.39 is 0 Å². The lowest BCUT2D eigenvalue weighted by molar-refractivity contribution is 0.523. The van der Waals surface area contributed by atoms with Gasteiger partial charge in [-0.15, -0.1) is 0 Å². The third kappa shape index (κ3) is 4.17. The molecule has 2 nitrogen and oxygen atoms in total. The molecule has 1 heterocycles. The number of hydrazine groups is 1. The van der Waals surface area contributed by atoms with Gasteiger partial charge in [0.15, 0.2) is 0 Å². The molecule has 0 saturated carbocycles. The van der Waals surface area contributed by atoms with Crippen molar-refractivity contribution in [3.8, 4) is 0 Å². The topological polar surface area (TPSA) is 38.0 Å². The van der Waals surface area contributed by atoms with Crippen LogP contribution in [0.2, 0.25) is 0 Å². The predicted molar refractivity (Wildman–Crippen MR) is 82.5 cm³/mol. The molecule has 0 radical (unpaired) electrons. The third-order valence-corrected chi connectivity index (χ3v) is 6.32. The fraction of sp³-hybridized carbons (Fsp3) is 0.500. The second kappa shape index (κ2) is 7.04. The van der Waals surface area contributed by atoms with E-state index in [0.29, 0.717) is 11.3 Å². The molecule has 1 saturated heterocycles. The zero-order chi connectivity index (χ0) is 12.1. The Morgan fingerprint density at radius 3 is 2.71 bits per heavy atom. The summed E-state index contributed by atoms with van der Waals surface area (Å²) in [6.45, 7) is 0. The lowest BCUT2D eigenvalue weighted by Crippen LogP contribution is -2.46. The number of halogens is 1. The van der Waals surface area contributed by atoms with E-state index in [4.69, 9.17) is 5.84 Å². The number of nitrogens with one attached hydrogen (secondary N) is 1. The van der Waals surface area contributed by atoms with Crippen molar-refractivity contribution in [1.82, 2.24) is 5.43 Å². The van der Waals surface area contributed by atoms with Crippen LogP contribution in [0.3, 0.4) is 0 Å². The van der Waals surface area contributed by atoms with Crippen LogP contribution in [0.25, 0.3) is 0 Å². The summed E-state index contributed by atoms with van der Waals surface area (Å²) in [4.78, 5) is 0. The van der Waals surface area contributed by atoms with E-state index in [-0.39, 0.29) is 0 Å². The number of thioether (sulfide) groups is 2. The summed E-state index contributed by atoms with van der Waals surface area (Å²) in [6.07, 6.45) is 1.00. The van der Waals surface area contributed by atoms with Gasteiger partial charge in [-0.2, -0.15) is 23.5 Å². The Morgan fingerprint density at radius 2 is 2.12 bits per heavy atom. The minimum absolute atomic E-state index is 0.369. The van der Waals surface area contributed by atoms with Crippen molar-refractivity contribution in [3.05, 3.63) is 34.3 Å². The molecule has 0 bridgehead atoms. The first-order chi connectivity index (χ1) is 8.29. The normalized spacial score (nSPS) is 22.4. The molecule has 0 amide bonds. The van der Waals surface area contributed by atoms with Gasteiger partial charge in [-0.3, -0.25) is 11.3 Å². The fourth-order valence-corrected chi connectivity index (χ4v) is 5.05. The minimum Gasteiger partial charge on any atom is -0.271 e. The third-order valence-electron chi connectivity index (χ3n) is 2.87. The zero-order valence-electron chi connectivity index (χ0n) is 9.56. The molecule has 5 heteroatoms. The van der Waals surface area contributed by atoms with Crippen LogP contribution in [0.15, 0.2) is 28.7 Å². The highest BCUT2D eigenvalue weighted by Crippen LogP contribution is 2.27. The monoisotopic (exact) mass is 332 g/mol. The van der Waals surface area contributed by atoms with Crippen LogP contribution >= 0.6 is 39.5 Å². The van der Waals surface area contributed by atoms with Crippen molar-refractivity contribution in [2.24, 2.45) is 5.84 Å². The first kappa shape index (κ1) is 13.7. The number of benzene rings is 1. The van der Waals surface area contributed by atoms with Crippen LogP contribution in [-0.2, 0) is 6.42 Å². The van der Waals surface area contributed by atoms with Gasteiger partial charge in [0.05, 0.1) is 0 Å². The largest absolute Gasteiger partial charge is 0.271 e. The number of hydrogen-bond donors (Lipinski definition) is 2. The molecule has 0 aliphatic carbocycles. The van der Waals surface area contributed by atoms with E-state index in [1.807, 2.05) is 23.5 Å². The highest BCUT2D eigenvalue weighted by atomic mass is 79.9. The fourth-order valence-electron chi connectivity index (χ4n) is 1.91. The van der Waals surface area contributed by atoms with Gasteiger partial charge in [0.1, 0.15) is 0 Å². The van der Waals surface area contributed by atoms with Crippen molar-refractivity contribution in [2.45, 2.75) is 17.7 Å². The van der Waals surface area contributed by atoms with Crippen molar-refractivity contribution in [3.63, 3.8) is 0 Å². The number of rotatable bonds is 4. The summed E-state index contributed by atoms with van der Waals surface area (Å²) < 4.78 is 1.13. The zero-order valence-corrected chi connectivity index (χ0v) is 12.8. The lowest BCUT2D eigenvalue weighted by Gasteiger charge is -2.29. The molecule has 2 unspecified atom stereocenters. The molecule has 2 rings (SSSR count). The molecular weight excluding hydrogens is 316 g/mol. The second-order valence-electron chi connectivity index (χ2n) is 4.09. The molecule has 2 atom stereocenters. The summed E-state index contributed by atoms with van der Waals surface area (Å²) in [5, 5.41) is 0.627. The summed E-state index contributed by atoms with van der Waals surface area (Å²) in [5.41, 5.74) is 4.33. The van der Waals surface area contributed by atoms with Gasteiger partial charge in [0.2, 0.25) is 0 Å². The Morgan fingerprint density at radius 1 is 1.35 bits per heavy atom. The lowest BCUT2D eigenvalue weighted by atomic mass is 10.0. The summed E-state index contributed by atoms with van der Waals surface area (Å²) >= 11 is 7.54. The van der Waals surface area contributed by atoms with E-state index >= 15 is 0 Å². The maximum atomic E-state index is 5.70. The van der Waals surface area contributed by atoms with Crippen LogP contribution in [0.5, 0.6) is 0 Å². The van der Waals surface area contributed by atoms with Crippen molar-refractivity contribution in [2.75, 3.05) is 17.3 Å². The maximum Gasteiger partial charge on any atom is 0.0377 e. The molecule has 1 aromatic rings. The SMILES string of the molecule is NNC(Cc1ccc(Br)cc1)C1CSCCS1. The molecule has 17 heavy (non-hydrogen) atoms. The summed E-state index contributed by atoms with van der Waals surface area (Å²) in [7, 11) is 0. The van der Waals surface area contributed by atoms with E-state index in [0.717, 1.165) is 10.9 Å². The standard InChI is InChI=1S/C12H17BrN2S2/c13-10-3-1-9(2-4-10)7-11(15-14)12-8-16-5-6-17-12/h1-4,11-12,15H,5-8,14H2. The first-order valence-corrected chi connectivity index (χ1v) is 8.69. The molecule has 1 aromatic carbocycles. The molecule has 3 N–H and O–H groups in total. The number of nitrogens with two attached hydrogens (primary N) is 1. The number of hydrogen-bond acceptors (Lipinski definition) is 4. The Balaban J connectivity index is 1.96. The van der Waals surface area contributed by atoms with Crippen LogP contribution in [0.4, 0.5) is 0 Å². The van der Waals surface area contributed by atoms with Gasteiger partial charge >= 0.3 is 0 Å². The van der Waals surface area contributed by atoms with Crippen LogP contribution in [0, 0.1) is 0 Å². The molecule has 0 aromatic heterocycles. The first-order valence-electron chi connectivity index (χ1n) is 5.69. The van der Waals surface area contributed by atoms with Gasteiger partial charge in [0, 0.05) is 33.0 Å². The Hall–Kier alpha value is 0.320. The summed E-state index contributed by atoms with van der Waals surface area (Å²) in [6, 6.07) is 8.87. The molecule has 1 fully saturated rings. The Kier molecular flexibility index (Phi) is 5.69. The highest BCUT2D eigenvalue weighted by molar-refractivity contribution is 9.10. The van der Waals surface area contributed by atoms with Crippen LogP contribution in [-0.4, -0.2) is 28.6 Å². The van der Waals surface area contributed by atoms with E-state index in [9.17, 15) is 0 Å². The van der Waals surface area contributed by atoms with E-state index in [2.05, 4.69) is 45.6 Å². The molecular formula is C12H17BrN2S2. The average Bonchev–Trinajstić information content (AvgIpc) is 2.39. The van der Waals surface area contributed by atoms with Crippen molar-refractivity contribution in [1.29, 1.82) is 0 Å². The molecule has 0 spiro atoms. The van der Waals surface area contributed by atoms with Crippen molar-refractivity contribution < 1.29 is 0 Å². The van der Waals surface area contributed by atoms with Gasteiger partial charge in [-0.05, 0) is 24.1 Å². The summed E-state index contributed by atoms with van der Waals surface area (Å²) in [5.74, 6) is 9.42. The van der Waals surface area contributed by atoms with Gasteiger partial charge in [0.25, 0.3) is 0 Å². The smallest absolute Gasteiger partial charge is 0.0377 e. The van der Waals surface area contributed by atoms with Crippen LogP contribution in [0.1, 0.15) is 5.56 Å². The minimum atomic E-state index is 0.369. The van der Waals surface area contributed by atoms with E-state index in [1.165, 1.54) is 22.8 Å². The second-order valence-corrected chi connectivity index (χ2v) is 7.50. The van der Waals surface area contributed by atoms with Crippen molar-refractivity contribution >= 4 is 39.5 Å². The maximum absolute atomic E-state index is 5.70. The quantitative estimate of drug-likeness (QED) is 0.656. The molecule has 1 aliphatic rings. The van der Waals surface area contributed by atoms with Gasteiger partial charge in [-0.1, -0.05) is 28.1 Å². The average molecular weight is 333 g/mol. The highest BCUT2D eigenvalue weighted by Gasteiger charge is 2.23. The van der Waals surface area contributed by atoms with Crippen LogP contribution < -0.4 is 11.3 Å². The van der Waals surface area contributed by atoms with Gasteiger partial charge in [-0.25, -0.2) is 0 Å². The van der Waals surface area contributed by atoms with Gasteiger partial charge < -0.3 is 0 Å². The molecule has 94 valence electrons. The predicted octanol–water partition coefficient (Wildman–Crippen LogP) is 2.67. The Bertz CT molecular complexity index is 339.